The Hall–Kier alpha value is -12.5. The van der Waals surface area contributed by atoms with Crippen molar-refractivity contribution in [1.29, 1.82) is 0 Å². The highest BCUT2D eigenvalue weighted by Gasteiger charge is 2.58. The maximum absolute atomic E-state index is 14.5. The Bertz CT molecular complexity index is 5730. The van der Waals surface area contributed by atoms with Crippen LogP contribution in [0.15, 0.2) is 284 Å². The van der Waals surface area contributed by atoms with E-state index in [9.17, 15) is 75.9 Å². The third kappa shape index (κ3) is 15.1. The second kappa shape index (κ2) is 30.9. The number of phenolic OH excluding ortho intramolecular Hbond substituents is 4. The number of phenols is 4. The number of hydrogen-bond donors (Lipinski definition) is 7. The molecule has 9 atom stereocenters. The van der Waals surface area contributed by atoms with Crippen LogP contribution in [-0.4, -0.2) is 93.3 Å². The summed E-state index contributed by atoms with van der Waals surface area (Å²) in [6.45, 7) is 0. The molecule has 0 radical (unpaired) electrons. The Morgan fingerprint density at radius 3 is 1.36 bits per heavy atom. The zero-order valence-corrected chi connectivity index (χ0v) is 60.7. The molecular weight excluding hydrogens is 1480 g/mol. The fraction of sp³-hybridized carbons (Fsp3) is 0.115. The van der Waals surface area contributed by atoms with Gasteiger partial charge in [0.2, 0.25) is 17.7 Å². The molecule has 0 spiro atoms. The lowest BCUT2D eigenvalue weighted by molar-refractivity contribution is -0.124. The molecule has 3 heterocycles. The topological polar surface area (TPSA) is 272 Å². The van der Waals surface area contributed by atoms with Crippen LogP contribution < -0.4 is 24.2 Å². The molecule has 558 valence electrons. The molecule has 111 heavy (non-hydrogen) atoms. The number of hydrogen-bond acceptors (Lipinski definition) is 16. The average Bonchev–Trinajstić information content (AvgIpc) is 0.737. The van der Waals surface area contributed by atoms with Crippen molar-refractivity contribution in [2.75, 3.05) is 26.2 Å². The van der Waals surface area contributed by atoms with Crippen LogP contribution in [0.25, 0.3) is 39.1 Å². The Balaban J connectivity index is 0.653. The number of nitrogens with zero attached hydrogens (tertiary/aromatic N) is 3. The van der Waals surface area contributed by atoms with Crippen molar-refractivity contribution in [2.45, 2.75) is 46.1 Å². The highest BCUT2D eigenvalue weighted by Crippen LogP contribution is 2.52. The number of carbonyl (C=O) groups is 3. The van der Waals surface area contributed by atoms with Crippen LogP contribution in [-0.2, 0) is 35.0 Å². The molecule has 18 nitrogen and oxygen atoms in total. The fourth-order valence-electron chi connectivity index (χ4n) is 14.2. The predicted molar refractivity (Wildman–Crippen MR) is 418 cm³/mol. The Kier molecular flexibility index (Phi) is 20.6. The van der Waals surface area contributed by atoms with Gasteiger partial charge < -0.3 is 59.9 Å². The molecule has 0 saturated carbocycles. The summed E-state index contributed by atoms with van der Waals surface area (Å²) in [5.41, 5.74) is 6.19. The van der Waals surface area contributed by atoms with Gasteiger partial charge >= 0.3 is 0 Å². The Labute approximate surface area is 641 Å². The van der Waals surface area contributed by atoms with Gasteiger partial charge in [0.05, 0.1) is 41.8 Å². The predicted octanol–water partition coefficient (Wildman–Crippen LogP) is 16.8. The maximum Gasteiger partial charge on any atom is 0.248 e. The third-order valence-electron chi connectivity index (χ3n) is 19.8. The van der Waals surface area contributed by atoms with E-state index in [1.807, 2.05) is 18.2 Å². The van der Waals surface area contributed by atoms with Crippen LogP contribution >= 0.6 is 11.8 Å². The van der Waals surface area contributed by atoms with E-state index in [-0.39, 0.29) is 62.6 Å². The van der Waals surface area contributed by atoms with Crippen LogP contribution in [0.3, 0.4) is 0 Å². The number of aromatic hydroxyl groups is 4. The quantitative estimate of drug-likeness (QED) is 0.0219. The van der Waals surface area contributed by atoms with Crippen LogP contribution in [0, 0.1) is 17.5 Å². The number of para-hydroxylation sites is 1. The summed E-state index contributed by atoms with van der Waals surface area (Å²) in [5.74, 6) is -3.97. The highest BCUT2D eigenvalue weighted by atomic mass is 32.2. The number of halogens is 3. The largest absolute Gasteiger partial charge is 0.508 e. The highest BCUT2D eigenvalue weighted by molar-refractivity contribution is 8.03. The van der Waals surface area contributed by atoms with Gasteiger partial charge in [-0.15, -0.1) is 11.8 Å². The second-order valence-corrected chi connectivity index (χ2v) is 31.6. The van der Waals surface area contributed by atoms with Gasteiger partial charge in [-0.3, -0.25) is 18.6 Å². The van der Waals surface area contributed by atoms with Gasteiger partial charge in [-0.2, -0.15) is 0 Å². The molecule has 15 rings (SSSR count). The van der Waals surface area contributed by atoms with Gasteiger partial charge in [0.15, 0.2) is 15.1 Å². The number of benzene rings is 12. The number of carbonyl (C=O) groups excluding carboxylic acids is 3. The molecule has 3 aliphatic heterocycles. The first-order valence-electron chi connectivity index (χ1n) is 34.9. The van der Waals surface area contributed by atoms with E-state index < -0.39 is 107 Å². The molecular formula is C87H66F3N3O15S3. The summed E-state index contributed by atoms with van der Waals surface area (Å²) in [4.78, 5) is 46.8. The van der Waals surface area contributed by atoms with Crippen molar-refractivity contribution in [2.24, 2.45) is 0 Å². The number of aliphatic hydroxyl groups is 3. The molecule has 0 bridgehead atoms. The Morgan fingerprint density at radius 2 is 0.865 bits per heavy atom. The first-order chi connectivity index (χ1) is 53.5. The van der Waals surface area contributed by atoms with Crippen LogP contribution in [0.5, 0.6) is 46.0 Å². The van der Waals surface area contributed by atoms with Gasteiger partial charge in [-0.25, -0.2) is 21.6 Å². The number of ether oxygens (including phenoxy) is 2. The minimum Gasteiger partial charge on any atom is -0.508 e. The fourth-order valence-corrected chi connectivity index (χ4v) is 18.7. The molecule has 24 heteroatoms. The molecule has 7 N–H and O–H groups in total. The van der Waals surface area contributed by atoms with E-state index in [0.717, 1.165) is 36.0 Å². The maximum atomic E-state index is 14.5. The van der Waals surface area contributed by atoms with E-state index in [0.29, 0.717) is 78.9 Å². The van der Waals surface area contributed by atoms with E-state index in [4.69, 9.17) is 9.47 Å². The molecule has 3 amide bonds. The van der Waals surface area contributed by atoms with Gasteiger partial charge in [0, 0.05) is 55.5 Å². The summed E-state index contributed by atoms with van der Waals surface area (Å²) in [6, 6.07) is 68.6. The van der Waals surface area contributed by atoms with Crippen molar-refractivity contribution in [3.05, 3.63) is 335 Å². The summed E-state index contributed by atoms with van der Waals surface area (Å²) in [6.07, 6.45) is -2.96. The summed E-state index contributed by atoms with van der Waals surface area (Å²) >= 11 is 1.09. The lowest BCUT2D eigenvalue weighted by atomic mass is 9.90. The lowest BCUT2D eigenvalue weighted by Gasteiger charge is -2.47. The van der Waals surface area contributed by atoms with Gasteiger partial charge in [-0.1, -0.05) is 115 Å². The first-order valence-corrected chi connectivity index (χ1v) is 38.9. The molecule has 3 fully saturated rings. The van der Waals surface area contributed by atoms with Crippen molar-refractivity contribution >= 4 is 72.9 Å². The molecule has 0 aromatic heterocycles. The SMILES string of the molecule is O=C1C(S/C=C(\O)c2ccc(F)cc2)C(c2ccc(-c3cccc(Oc4ccc(N5C(=O)C(S(=O)CC(O)c6ccc(F)cc6)C5c5ccc(-c6cccc(Oc7ccc(N8C(=O)C(S(=O)(=O)CC(O)c9ccc(F)cc9)C8c8ccc(-c9cccc(O)c9)cc8O)cc7)c6)cc5O)cc4)c3)cc2O)N1c1ccccc1. The third-order valence-corrected chi connectivity index (χ3v) is 24.6. The zero-order valence-electron chi connectivity index (χ0n) is 58.3. The minimum absolute atomic E-state index is 0.0224. The number of thioether (sulfide) groups is 1. The molecule has 12 aromatic carbocycles. The van der Waals surface area contributed by atoms with E-state index >= 15 is 0 Å². The Morgan fingerprint density at radius 1 is 0.441 bits per heavy atom. The monoisotopic (exact) mass is 1550 g/mol. The molecule has 3 saturated heterocycles. The smallest absolute Gasteiger partial charge is 0.248 e. The van der Waals surface area contributed by atoms with E-state index in [1.54, 1.807) is 163 Å². The van der Waals surface area contributed by atoms with Crippen LogP contribution in [0.2, 0.25) is 0 Å². The molecule has 9 unspecified atom stereocenters. The molecule has 3 aliphatic rings. The first kappa shape index (κ1) is 74.0. The van der Waals surface area contributed by atoms with Crippen LogP contribution in [0.4, 0.5) is 30.2 Å². The van der Waals surface area contributed by atoms with E-state index in [1.165, 1.54) is 94.1 Å². The normalized spacial score (nSPS) is 18.5. The number of anilines is 3. The number of rotatable bonds is 24. The molecule has 0 aliphatic carbocycles. The number of β-lactam (4-membered cyclic amide) rings is 3. The molecule has 12 aromatic rings. The standard InChI is InChI=1S/C87H66F3N3O15S3/c88-59-24-15-50(16-25-59)76(98)47-109-82-79(91(85(82)101)62-10-2-1-3-11-62)70-38-21-57(45-73(70)95)54-8-5-13-68(42-54)107-66-34-30-63(31-35-66)92-80(83(86(92)102)110(104)48-77(99)51-17-26-60(89)27-18-51)71-39-22-58(46-74(71)96)55-9-6-14-69(43-55)108-67-36-32-64(33-37-67)93-81(72-40-23-56(44-75(72)97)53-7-4-12-65(94)41-53)84(87(93)103)111(105,106)49-78(100)52-19-28-61(90)29-20-52/h1-47,77-84,94-100H,48-49H2/b76-47-. The van der Waals surface area contributed by atoms with Crippen molar-refractivity contribution in [3.8, 4) is 79.4 Å². The number of amides is 3. The summed E-state index contributed by atoms with van der Waals surface area (Å²) in [5, 5.41) is 76.4. The van der Waals surface area contributed by atoms with Crippen molar-refractivity contribution in [1.82, 2.24) is 0 Å². The average molecular weight is 1550 g/mol. The zero-order chi connectivity index (χ0) is 77.5. The van der Waals surface area contributed by atoms with Gasteiger partial charge in [0.25, 0.3) is 0 Å². The van der Waals surface area contributed by atoms with Crippen molar-refractivity contribution in [3.63, 3.8) is 0 Å². The van der Waals surface area contributed by atoms with E-state index in [2.05, 4.69) is 0 Å². The van der Waals surface area contributed by atoms with Crippen LogP contribution in [0.1, 0.15) is 63.7 Å². The summed E-state index contributed by atoms with van der Waals surface area (Å²) in [7, 11) is -6.56. The number of aliphatic hydroxyl groups excluding tert-OH is 3. The summed E-state index contributed by atoms with van der Waals surface area (Å²) < 4.78 is 97.0. The lowest BCUT2D eigenvalue weighted by Crippen LogP contribution is -2.62. The van der Waals surface area contributed by atoms with Crippen molar-refractivity contribution < 1.29 is 85.4 Å². The van der Waals surface area contributed by atoms with Gasteiger partial charge in [-0.05, 0) is 208 Å². The minimum atomic E-state index is -4.49. The second-order valence-electron chi connectivity index (χ2n) is 26.8. The van der Waals surface area contributed by atoms with Gasteiger partial charge in [0.1, 0.15) is 79.7 Å². The number of sulfone groups is 1.